The molecule has 1 amide bonds. The number of rotatable bonds is 2. The van der Waals surface area contributed by atoms with Gasteiger partial charge in [-0.3, -0.25) is 9.48 Å². The van der Waals surface area contributed by atoms with Gasteiger partial charge in [0.15, 0.2) is 0 Å². The van der Waals surface area contributed by atoms with Crippen molar-refractivity contribution in [3.05, 3.63) is 12.4 Å². The van der Waals surface area contributed by atoms with Crippen molar-refractivity contribution in [2.24, 2.45) is 5.41 Å². The van der Waals surface area contributed by atoms with Gasteiger partial charge in [0.1, 0.15) is 0 Å². The van der Waals surface area contributed by atoms with Crippen molar-refractivity contribution in [3.8, 4) is 0 Å². The average molecular weight is 250 g/mol. The number of hydrogen-bond acceptors (Lipinski definition) is 3. The normalized spacial score (nSPS) is 17.7. The lowest BCUT2D eigenvalue weighted by molar-refractivity contribution is -0.123. The predicted molar refractivity (Wildman–Crippen MR) is 71.5 cm³/mol. The van der Waals surface area contributed by atoms with Crippen molar-refractivity contribution in [2.75, 3.05) is 18.4 Å². The van der Waals surface area contributed by atoms with Crippen LogP contribution in [-0.2, 0) is 4.79 Å². The van der Waals surface area contributed by atoms with Crippen LogP contribution in [0.1, 0.15) is 39.7 Å². The van der Waals surface area contributed by atoms with Gasteiger partial charge in [0.2, 0.25) is 5.91 Å². The molecule has 0 bridgehead atoms. The van der Waals surface area contributed by atoms with Crippen molar-refractivity contribution >= 4 is 11.6 Å². The summed E-state index contributed by atoms with van der Waals surface area (Å²) in [7, 11) is 0. The molecule has 1 saturated heterocycles. The van der Waals surface area contributed by atoms with Gasteiger partial charge in [-0.1, -0.05) is 20.8 Å². The third-order valence-corrected chi connectivity index (χ3v) is 3.22. The summed E-state index contributed by atoms with van der Waals surface area (Å²) in [5.74, 6) is 0.0207. The largest absolute Gasteiger partial charge is 0.323 e. The standard InChI is InChI=1S/C13H22N4O/c1-13(2,3)12(18)16-10-8-15-17(9-10)11-4-6-14-7-5-11/h8-9,11,14H,4-7H2,1-3H3,(H,16,18). The topological polar surface area (TPSA) is 59.0 Å². The van der Waals surface area contributed by atoms with Gasteiger partial charge in [0, 0.05) is 11.6 Å². The summed E-state index contributed by atoms with van der Waals surface area (Å²) in [4.78, 5) is 11.9. The summed E-state index contributed by atoms with van der Waals surface area (Å²) in [5.41, 5.74) is 0.407. The lowest BCUT2D eigenvalue weighted by Gasteiger charge is -2.22. The fourth-order valence-electron chi connectivity index (χ4n) is 1.99. The van der Waals surface area contributed by atoms with Crippen LogP contribution in [0.3, 0.4) is 0 Å². The molecule has 2 heterocycles. The number of hydrogen-bond donors (Lipinski definition) is 2. The monoisotopic (exact) mass is 250 g/mol. The maximum absolute atomic E-state index is 11.9. The van der Waals surface area contributed by atoms with E-state index >= 15 is 0 Å². The SMILES string of the molecule is CC(C)(C)C(=O)Nc1cnn(C2CCNCC2)c1. The highest BCUT2D eigenvalue weighted by Gasteiger charge is 2.22. The molecule has 1 aliphatic heterocycles. The summed E-state index contributed by atoms with van der Waals surface area (Å²) in [6, 6.07) is 0.450. The molecule has 1 fully saturated rings. The van der Waals surface area contributed by atoms with Crippen molar-refractivity contribution in [1.29, 1.82) is 0 Å². The van der Waals surface area contributed by atoms with Crippen LogP contribution < -0.4 is 10.6 Å². The van der Waals surface area contributed by atoms with E-state index < -0.39 is 0 Å². The van der Waals surface area contributed by atoms with Crippen molar-refractivity contribution in [3.63, 3.8) is 0 Å². The van der Waals surface area contributed by atoms with E-state index in [2.05, 4.69) is 15.7 Å². The highest BCUT2D eigenvalue weighted by Crippen LogP contribution is 2.21. The zero-order chi connectivity index (χ0) is 13.2. The molecule has 0 aromatic carbocycles. The summed E-state index contributed by atoms with van der Waals surface area (Å²) >= 11 is 0. The van der Waals surface area contributed by atoms with Gasteiger partial charge in [-0.15, -0.1) is 0 Å². The highest BCUT2D eigenvalue weighted by molar-refractivity contribution is 5.94. The van der Waals surface area contributed by atoms with Gasteiger partial charge < -0.3 is 10.6 Å². The van der Waals surface area contributed by atoms with E-state index in [1.807, 2.05) is 31.6 Å². The maximum Gasteiger partial charge on any atom is 0.229 e. The van der Waals surface area contributed by atoms with Crippen molar-refractivity contribution < 1.29 is 4.79 Å². The van der Waals surface area contributed by atoms with Crippen molar-refractivity contribution in [2.45, 2.75) is 39.7 Å². The average Bonchev–Trinajstić information content (AvgIpc) is 2.77. The summed E-state index contributed by atoms with van der Waals surface area (Å²) in [6.45, 7) is 7.78. The summed E-state index contributed by atoms with van der Waals surface area (Å²) < 4.78 is 1.97. The third kappa shape index (κ3) is 3.10. The first kappa shape index (κ1) is 13.1. The minimum Gasteiger partial charge on any atom is -0.323 e. The Morgan fingerprint density at radius 2 is 2.11 bits per heavy atom. The van der Waals surface area contributed by atoms with Gasteiger partial charge in [-0.2, -0.15) is 5.10 Å². The Hall–Kier alpha value is -1.36. The van der Waals surface area contributed by atoms with Gasteiger partial charge in [0.05, 0.1) is 17.9 Å². The number of piperidine rings is 1. The third-order valence-electron chi connectivity index (χ3n) is 3.22. The predicted octanol–water partition coefficient (Wildman–Crippen LogP) is 1.79. The molecule has 5 nitrogen and oxygen atoms in total. The van der Waals surface area contributed by atoms with E-state index in [1.165, 1.54) is 0 Å². The van der Waals surface area contributed by atoms with Crippen LogP contribution in [0.25, 0.3) is 0 Å². The minimum atomic E-state index is -0.378. The fraction of sp³-hybridized carbons (Fsp3) is 0.692. The lowest BCUT2D eigenvalue weighted by atomic mass is 9.96. The lowest BCUT2D eigenvalue weighted by Crippen LogP contribution is -2.29. The second kappa shape index (κ2) is 5.10. The first-order valence-electron chi connectivity index (χ1n) is 6.53. The van der Waals surface area contributed by atoms with E-state index in [0.29, 0.717) is 6.04 Å². The number of carbonyl (C=O) groups excluding carboxylic acids is 1. The van der Waals surface area contributed by atoms with E-state index in [9.17, 15) is 4.79 Å². The van der Waals surface area contributed by atoms with Crippen LogP contribution in [0, 0.1) is 5.41 Å². The molecule has 0 radical (unpaired) electrons. The van der Waals surface area contributed by atoms with Crippen LogP contribution in [0.2, 0.25) is 0 Å². The minimum absolute atomic E-state index is 0.0207. The smallest absolute Gasteiger partial charge is 0.229 e. The van der Waals surface area contributed by atoms with Gasteiger partial charge in [0.25, 0.3) is 0 Å². The van der Waals surface area contributed by atoms with E-state index in [-0.39, 0.29) is 11.3 Å². The zero-order valence-electron chi connectivity index (χ0n) is 11.4. The Balaban J connectivity index is 1.99. The second-order valence-electron chi connectivity index (χ2n) is 5.89. The molecule has 1 aromatic rings. The Bertz CT molecular complexity index is 413. The Labute approximate surface area is 108 Å². The summed E-state index contributed by atoms with van der Waals surface area (Å²) in [6.07, 6.45) is 5.84. The number of nitrogens with zero attached hydrogens (tertiary/aromatic N) is 2. The van der Waals surface area contributed by atoms with Crippen LogP contribution in [0.4, 0.5) is 5.69 Å². The Morgan fingerprint density at radius 3 is 2.72 bits per heavy atom. The quantitative estimate of drug-likeness (QED) is 0.841. The second-order valence-corrected chi connectivity index (χ2v) is 5.89. The number of anilines is 1. The van der Waals surface area contributed by atoms with Crippen molar-refractivity contribution in [1.82, 2.24) is 15.1 Å². The van der Waals surface area contributed by atoms with Crippen LogP contribution in [-0.4, -0.2) is 28.8 Å². The number of aromatic nitrogens is 2. The number of carbonyl (C=O) groups is 1. The first-order valence-corrected chi connectivity index (χ1v) is 6.53. The molecule has 2 N–H and O–H groups in total. The molecule has 0 atom stereocenters. The van der Waals surface area contributed by atoms with E-state index in [0.717, 1.165) is 31.6 Å². The van der Waals surface area contributed by atoms with Crippen LogP contribution in [0.15, 0.2) is 12.4 Å². The molecule has 100 valence electrons. The van der Waals surface area contributed by atoms with Crippen LogP contribution in [0.5, 0.6) is 0 Å². The summed E-state index contributed by atoms with van der Waals surface area (Å²) in [5, 5.41) is 10.6. The fourth-order valence-corrected chi connectivity index (χ4v) is 1.99. The Morgan fingerprint density at radius 1 is 1.44 bits per heavy atom. The van der Waals surface area contributed by atoms with Gasteiger partial charge in [-0.25, -0.2) is 0 Å². The molecule has 0 aliphatic carbocycles. The molecule has 0 saturated carbocycles. The number of nitrogens with one attached hydrogen (secondary N) is 2. The molecule has 18 heavy (non-hydrogen) atoms. The molecule has 0 spiro atoms. The van der Waals surface area contributed by atoms with Gasteiger partial charge in [-0.05, 0) is 25.9 Å². The maximum atomic E-state index is 11.9. The number of amides is 1. The van der Waals surface area contributed by atoms with Crippen LogP contribution >= 0.6 is 0 Å². The highest BCUT2D eigenvalue weighted by atomic mass is 16.2. The zero-order valence-corrected chi connectivity index (χ0v) is 11.4. The molecule has 5 heteroatoms. The van der Waals surface area contributed by atoms with Gasteiger partial charge >= 0.3 is 0 Å². The van der Waals surface area contributed by atoms with E-state index in [4.69, 9.17) is 0 Å². The first-order chi connectivity index (χ1) is 8.47. The van der Waals surface area contributed by atoms with E-state index in [1.54, 1.807) is 6.20 Å². The molecular weight excluding hydrogens is 228 g/mol. The molecule has 1 aromatic heterocycles. The molecule has 2 rings (SSSR count). The molecule has 0 unspecified atom stereocenters. The Kier molecular flexibility index (Phi) is 3.71. The molecular formula is C13H22N4O. The molecule has 1 aliphatic rings.